The Morgan fingerprint density at radius 3 is 2.11 bits per heavy atom. The summed E-state index contributed by atoms with van der Waals surface area (Å²) in [7, 11) is 1.79. The molecule has 0 N–H and O–H groups in total. The van der Waals surface area contributed by atoms with Crippen LogP contribution in [0.1, 0.15) is 0 Å². The molecule has 0 aliphatic rings. The van der Waals surface area contributed by atoms with Crippen LogP contribution in [0.15, 0.2) is 0 Å². The molecule has 0 bridgehead atoms. The second-order valence-corrected chi connectivity index (χ2v) is 8.73. The first kappa shape index (κ1) is 8.69. The van der Waals surface area contributed by atoms with E-state index in [-0.39, 0.29) is 5.97 Å². The third kappa shape index (κ3) is 5.56. The van der Waals surface area contributed by atoms with Crippen molar-refractivity contribution in [1.82, 2.24) is 0 Å². The third-order valence-electron chi connectivity index (χ3n) is 0.836. The van der Waals surface area contributed by atoms with Crippen LogP contribution in [0.2, 0.25) is 25.7 Å². The molecule has 0 aliphatic heterocycles. The van der Waals surface area contributed by atoms with E-state index in [4.69, 9.17) is 0 Å². The molecule has 0 heterocycles. The summed E-state index contributed by atoms with van der Waals surface area (Å²) in [4.78, 5) is 10.6. The van der Waals surface area contributed by atoms with E-state index >= 15 is 0 Å². The second kappa shape index (κ2) is 3.01. The van der Waals surface area contributed by atoms with Crippen molar-refractivity contribution in [2.75, 3.05) is 0 Å². The fraction of sp³-hybridized carbons (Fsp3) is 0.667. The van der Waals surface area contributed by atoms with Crippen molar-refractivity contribution in [3.63, 3.8) is 0 Å². The second-order valence-electron chi connectivity index (χ2n) is 3.25. The quantitative estimate of drug-likeness (QED) is 0.436. The molecule has 0 saturated carbocycles. The molecule has 0 aromatic heterocycles. The summed E-state index contributed by atoms with van der Waals surface area (Å²) < 4.78 is 4.27. The average molecular weight is 145 g/mol. The lowest BCUT2D eigenvalue weighted by Crippen LogP contribution is -2.24. The van der Waals surface area contributed by atoms with Gasteiger partial charge < -0.3 is 4.74 Å². The minimum Gasteiger partial charge on any atom is -0.462 e. The van der Waals surface area contributed by atoms with Gasteiger partial charge in [-0.05, 0) is 0 Å². The largest absolute Gasteiger partial charge is 0.462 e. The molecule has 0 atom stereocenters. The summed E-state index contributed by atoms with van der Waals surface area (Å²) >= 11 is 0. The fourth-order valence-corrected chi connectivity index (χ4v) is 1.45. The van der Waals surface area contributed by atoms with Gasteiger partial charge >= 0.3 is 5.97 Å². The summed E-state index contributed by atoms with van der Waals surface area (Å²) in [6.07, 6.45) is 0. The maximum Gasteiger partial charge on any atom is 0.303 e. The normalized spacial score (nSPS) is 11.1. The Balaban J connectivity index is 3.60. The Labute approximate surface area is 57.2 Å². The van der Waals surface area contributed by atoms with E-state index in [0.717, 1.165) is 0 Å². The molecular weight excluding hydrogens is 132 g/mol. The molecule has 0 unspecified atom stereocenters. The van der Waals surface area contributed by atoms with Gasteiger partial charge in [0, 0.05) is 6.04 Å². The predicted molar refractivity (Wildman–Crippen MR) is 39.6 cm³/mol. The van der Waals surface area contributed by atoms with Crippen LogP contribution in [0.5, 0.6) is 0 Å². The minimum absolute atomic E-state index is 0.186. The predicted octanol–water partition coefficient (Wildman–Crippen LogP) is 1.66. The van der Waals surface area contributed by atoms with Crippen molar-refractivity contribution in [3.8, 4) is 0 Å². The number of esters is 1. The number of carbonyl (C=O) groups excluding carboxylic acids is 1. The zero-order valence-corrected chi connectivity index (χ0v) is 7.23. The summed E-state index contributed by atoms with van der Waals surface area (Å²) in [6.45, 7) is 6.35. The topological polar surface area (TPSA) is 26.3 Å². The van der Waals surface area contributed by atoms with E-state index in [1.807, 2.05) is 0 Å². The summed E-state index contributed by atoms with van der Waals surface area (Å²) in [5.74, 6) is -0.186. The first-order valence-corrected chi connectivity index (χ1v) is 6.61. The Morgan fingerprint density at radius 2 is 2.00 bits per heavy atom. The molecular formula is C6H13O2Si. The zero-order chi connectivity index (χ0) is 7.49. The van der Waals surface area contributed by atoms with Gasteiger partial charge in [0.2, 0.25) is 0 Å². The molecule has 3 heteroatoms. The first-order chi connectivity index (χ1) is 3.95. The van der Waals surface area contributed by atoms with Gasteiger partial charge in [-0.1, -0.05) is 19.6 Å². The van der Waals surface area contributed by atoms with Gasteiger partial charge in [-0.2, -0.15) is 0 Å². The monoisotopic (exact) mass is 145 g/mol. The van der Waals surface area contributed by atoms with Crippen LogP contribution in [-0.2, 0) is 9.53 Å². The number of rotatable bonds is 2. The molecule has 0 aromatic rings. The highest BCUT2D eigenvalue weighted by Gasteiger charge is 2.17. The van der Waals surface area contributed by atoms with E-state index in [1.54, 1.807) is 0 Å². The molecule has 0 aromatic carbocycles. The highest BCUT2D eigenvalue weighted by atomic mass is 28.3. The number of ether oxygens (including phenoxy) is 1. The van der Waals surface area contributed by atoms with Crippen molar-refractivity contribution >= 4 is 14.0 Å². The van der Waals surface area contributed by atoms with Crippen molar-refractivity contribution in [1.29, 1.82) is 0 Å². The third-order valence-corrected chi connectivity index (χ3v) is 2.18. The van der Waals surface area contributed by atoms with Crippen LogP contribution in [0.4, 0.5) is 0 Å². The Hall–Kier alpha value is -0.313. The Bertz CT molecular complexity index is 104. The first-order valence-electron chi connectivity index (χ1n) is 2.90. The molecule has 0 saturated heterocycles. The van der Waals surface area contributed by atoms with Gasteiger partial charge in [0.15, 0.2) is 0 Å². The molecule has 9 heavy (non-hydrogen) atoms. The van der Waals surface area contributed by atoms with E-state index in [1.165, 1.54) is 0 Å². The number of hydrogen-bond donors (Lipinski definition) is 0. The Kier molecular flexibility index (Phi) is 2.90. The van der Waals surface area contributed by atoms with Gasteiger partial charge in [-0.25, -0.2) is 0 Å². The van der Waals surface area contributed by atoms with E-state index < -0.39 is 8.07 Å². The molecule has 0 aliphatic carbocycles. The van der Waals surface area contributed by atoms with Crippen LogP contribution >= 0.6 is 0 Å². The molecule has 0 fully saturated rings. The summed E-state index contributed by atoms with van der Waals surface area (Å²) in [5, 5.41) is 0. The molecule has 2 nitrogen and oxygen atoms in total. The van der Waals surface area contributed by atoms with Crippen molar-refractivity contribution in [2.45, 2.75) is 25.7 Å². The molecule has 0 rings (SSSR count). The lowest BCUT2D eigenvalue weighted by atomic mass is 10.8. The van der Waals surface area contributed by atoms with Crippen LogP contribution in [0.25, 0.3) is 0 Å². The van der Waals surface area contributed by atoms with Gasteiger partial charge in [-0.3, -0.25) is 4.79 Å². The fourth-order valence-electron chi connectivity index (χ4n) is 0.484. The van der Waals surface area contributed by atoms with Crippen molar-refractivity contribution < 1.29 is 9.53 Å². The van der Waals surface area contributed by atoms with Crippen LogP contribution in [0, 0.1) is 7.11 Å². The zero-order valence-electron chi connectivity index (χ0n) is 6.23. The smallest absolute Gasteiger partial charge is 0.303 e. The van der Waals surface area contributed by atoms with E-state index in [9.17, 15) is 4.79 Å². The van der Waals surface area contributed by atoms with E-state index in [0.29, 0.717) is 6.04 Å². The average Bonchev–Trinajstić information content (AvgIpc) is 1.62. The number of hydrogen-bond acceptors (Lipinski definition) is 2. The summed E-state index contributed by atoms with van der Waals surface area (Å²) in [6, 6.07) is 0.566. The van der Waals surface area contributed by atoms with Crippen LogP contribution in [-0.4, -0.2) is 14.0 Å². The molecule has 0 spiro atoms. The maximum absolute atomic E-state index is 10.6. The standard InChI is InChI=1S/C6H13O2Si/c1-8-6(7)5-9(2,3)4/h1,5H2,2-4H3. The highest BCUT2D eigenvalue weighted by molar-refractivity contribution is 6.78. The van der Waals surface area contributed by atoms with Crippen molar-refractivity contribution in [2.24, 2.45) is 0 Å². The molecule has 1 radical (unpaired) electrons. The van der Waals surface area contributed by atoms with Gasteiger partial charge in [0.05, 0.1) is 8.07 Å². The van der Waals surface area contributed by atoms with Crippen LogP contribution in [0.3, 0.4) is 0 Å². The van der Waals surface area contributed by atoms with Crippen molar-refractivity contribution in [3.05, 3.63) is 7.11 Å². The van der Waals surface area contributed by atoms with Gasteiger partial charge in [0.1, 0.15) is 7.11 Å². The lowest BCUT2D eigenvalue weighted by molar-refractivity contribution is -0.135. The SMILES string of the molecule is [CH2]OC(=O)C[Si](C)(C)C. The minimum atomic E-state index is -1.26. The number of carbonyl (C=O) groups is 1. The highest BCUT2D eigenvalue weighted by Crippen LogP contribution is 2.08. The maximum atomic E-state index is 10.6. The Morgan fingerprint density at radius 1 is 1.56 bits per heavy atom. The molecule has 53 valence electrons. The van der Waals surface area contributed by atoms with Crippen LogP contribution < -0.4 is 0 Å². The lowest BCUT2D eigenvalue weighted by Gasteiger charge is -2.12. The van der Waals surface area contributed by atoms with Gasteiger partial charge in [-0.15, -0.1) is 0 Å². The van der Waals surface area contributed by atoms with Gasteiger partial charge in [0.25, 0.3) is 0 Å². The molecule has 0 amide bonds. The summed E-state index contributed by atoms with van der Waals surface area (Å²) in [5.41, 5.74) is 0. The van der Waals surface area contributed by atoms with E-state index in [2.05, 4.69) is 31.5 Å².